The summed E-state index contributed by atoms with van der Waals surface area (Å²) in [7, 11) is 1.36. The Hall–Kier alpha value is -5.04. The van der Waals surface area contributed by atoms with Gasteiger partial charge in [-0.2, -0.15) is 4.68 Å². The van der Waals surface area contributed by atoms with Crippen LogP contribution in [0.15, 0.2) is 55.0 Å². The Balaban J connectivity index is 1.40. The number of methoxy groups -OCH3 is 1. The molecule has 13 nitrogen and oxygen atoms in total. The third-order valence-electron chi connectivity index (χ3n) is 6.57. The van der Waals surface area contributed by atoms with Crippen molar-refractivity contribution in [2.24, 2.45) is 0 Å². The predicted molar refractivity (Wildman–Crippen MR) is 155 cm³/mol. The topological polar surface area (TPSA) is 169 Å². The molecule has 0 saturated carbocycles. The Morgan fingerprint density at radius 2 is 2.05 bits per heavy atom. The van der Waals surface area contributed by atoms with E-state index in [2.05, 4.69) is 41.4 Å². The van der Waals surface area contributed by atoms with Crippen molar-refractivity contribution in [2.75, 3.05) is 25.5 Å². The van der Waals surface area contributed by atoms with Gasteiger partial charge in [-0.1, -0.05) is 23.7 Å². The van der Waals surface area contributed by atoms with Gasteiger partial charge in [-0.25, -0.2) is 4.98 Å². The van der Waals surface area contributed by atoms with Crippen LogP contribution in [0.5, 0.6) is 0 Å². The highest BCUT2D eigenvalue weighted by atomic mass is 35.5. The highest BCUT2D eigenvalue weighted by Gasteiger charge is 2.22. The average molecular weight is 590 g/mol. The minimum atomic E-state index is -0.731. The molecule has 0 unspecified atom stereocenters. The van der Waals surface area contributed by atoms with Crippen LogP contribution in [0.3, 0.4) is 0 Å². The number of aromatic nitrogens is 6. The van der Waals surface area contributed by atoms with Crippen molar-refractivity contribution in [3.63, 3.8) is 0 Å². The van der Waals surface area contributed by atoms with Gasteiger partial charge in [-0.15, -0.1) is 5.10 Å². The molecule has 1 aliphatic rings. The molecule has 2 aromatic heterocycles. The molecular formula is C28H28ClN9O4. The summed E-state index contributed by atoms with van der Waals surface area (Å²) in [6.45, 7) is 1.04. The van der Waals surface area contributed by atoms with Gasteiger partial charge < -0.3 is 25.7 Å². The van der Waals surface area contributed by atoms with Crippen LogP contribution in [-0.2, 0) is 25.5 Å². The third kappa shape index (κ3) is 6.99. The number of nitrogens with one attached hydrogen (secondary N) is 4. The fraction of sp³-hybridized carbons (Fsp3) is 0.250. The molecule has 5 rings (SSSR count). The fourth-order valence-electron chi connectivity index (χ4n) is 4.51. The molecule has 216 valence electrons. The van der Waals surface area contributed by atoms with Crippen LogP contribution in [0.25, 0.3) is 23.0 Å². The Bertz CT molecular complexity index is 1620. The summed E-state index contributed by atoms with van der Waals surface area (Å²) in [6, 6.07) is 10.0. The van der Waals surface area contributed by atoms with Crippen LogP contribution in [0.1, 0.15) is 35.8 Å². The maximum atomic E-state index is 13.1. The molecule has 14 heteroatoms. The predicted octanol–water partition coefficient (Wildman–Crippen LogP) is 2.61. The summed E-state index contributed by atoms with van der Waals surface area (Å²) in [6.07, 6.45) is 6.83. The second-order valence-electron chi connectivity index (χ2n) is 9.50. The van der Waals surface area contributed by atoms with Crippen molar-refractivity contribution in [1.29, 1.82) is 0 Å². The van der Waals surface area contributed by atoms with E-state index < -0.39 is 11.9 Å². The SMILES string of the molecule is COC(=O)Cc1ccc2c(c1)NCCCNC(=O)C[C@H](NC(=O)/C=C/c1cc(Cl)ccc1-n1cnnn1)c1ncc-2[nH]1. The minimum absolute atomic E-state index is 0.0159. The second kappa shape index (κ2) is 13.1. The van der Waals surface area contributed by atoms with Crippen molar-refractivity contribution in [3.05, 3.63) is 77.0 Å². The number of rotatable bonds is 6. The molecule has 42 heavy (non-hydrogen) atoms. The molecule has 0 spiro atoms. The molecule has 3 heterocycles. The van der Waals surface area contributed by atoms with Gasteiger partial charge in [0, 0.05) is 41.0 Å². The molecule has 2 aromatic carbocycles. The number of carbonyl (C=O) groups excluding carboxylic acids is 3. The van der Waals surface area contributed by atoms with Crippen LogP contribution in [0, 0.1) is 0 Å². The smallest absolute Gasteiger partial charge is 0.309 e. The first-order valence-electron chi connectivity index (χ1n) is 13.2. The van der Waals surface area contributed by atoms with E-state index in [0.29, 0.717) is 47.3 Å². The van der Waals surface area contributed by atoms with Crippen molar-refractivity contribution in [3.8, 4) is 16.9 Å². The van der Waals surface area contributed by atoms with Crippen LogP contribution < -0.4 is 16.0 Å². The molecule has 0 fully saturated rings. The maximum absolute atomic E-state index is 13.1. The first kappa shape index (κ1) is 28.5. The van der Waals surface area contributed by atoms with Crippen molar-refractivity contribution < 1.29 is 19.1 Å². The zero-order chi connectivity index (χ0) is 29.5. The van der Waals surface area contributed by atoms with Gasteiger partial charge in [-0.3, -0.25) is 14.4 Å². The third-order valence-corrected chi connectivity index (χ3v) is 6.81. The van der Waals surface area contributed by atoms with Crippen molar-refractivity contribution in [2.45, 2.75) is 25.3 Å². The Morgan fingerprint density at radius 1 is 1.19 bits per heavy atom. The number of hydrogen-bond donors (Lipinski definition) is 4. The normalized spacial score (nSPS) is 15.4. The zero-order valence-corrected chi connectivity index (χ0v) is 23.4. The second-order valence-corrected chi connectivity index (χ2v) is 9.94. The van der Waals surface area contributed by atoms with E-state index in [1.54, 1.807) is 30.5 Å². The van der Waals surface area contributed by atoms with Gasteiger partial charge in [-0.05, 0) is 52.8 Å². The minimum Gasteiger partial charge on any atom is -0.469 e. The lowest BCUT2D eigenvalue weighted by atomic mass is 10.0. The van der Waals surface area contributed by atoms with E-state index in [-0.39, 0.29) is 24.7 Å². The summed E-state index contributed by atoms with van der Waals surface area (Å²) < 4.78 is 6.26. The number of esters is 1. The highest BCUT2D eigenvalue weighted by Crippen LogP contribution is 2.30. The summed E-state index contributed by atoms with van der Waals surface area (Å²) in [4.78, 5) is 45.4. The molecule has 0 aliphatic carbocycles. The number of aromatic amines is 1. The lowest BCUT2D eigenvalue weighted by Crippen LogP contribution is -2.34. The molecule has 0 saturated heterocycles. The van der Waals surface area contributed by atoms with E-state index in [1.807, 2.05) is 18.2 Å². The van der Waals surface area contributed by atoms with E-state index in [9.17, 15) is 14.4 Å². The van der Waals surface area contributed by atoms with Gasteiger partial charge in [0.1, 0.15) is 12.2 Å². The van der Waals surface area contributed by atoms with Gasteiger partial charge in [0.15, 0.2) is 0 Å². The Kier molecular flexibility index (Phi) is 8.87. The maximum Gasteiger partial charge on any atom is 0.309 e. The molecule has 1 aliphatic heterocycles. The van der Waals surface area contributed by atoms with Crippen LogP contribution >= 0.6 is 11.6 Å². The van der Waals surface area contributed by atoms with E-state index >= 15 is 0 Å². The summed E-state index contributed by atoms with van der Waals surface area (Å²) >= 11 is 6.19. The molecule has 0 radical (unpaired) electrons. The van der Waals surface area contributed by atoms with Crippen molar-refractivity contribution >= 4 is 41.1 Å². The Morgan fingerprint density at radius 3 is 2.86 bits per heavy atom. The van der Waals surface area contributed by atoms with Gasteiger partial charge >= 0.3 is 5.97 Å². The standard InChI is InChI=1S/C28H28ClN9O4/c1-42-27(41)12-17-3-6-20-21(11-17)30-9-2-10-31-26(40)14-22(28-32-15-23(20)35-28)34-25(39)8-4-18-13-19(29)5-7-24(18)38-16-33-36-37-38/h3-8,11,13,15-16,22,30H,2,9-10,12,14H2,1H3,(H,31,40)(H,32,35)(H,34,39)/b8-4+/t22-/m0/s1. The molecule has 2 amide bonds. The number of imidazole rings is 1. The largest absolute Gasteiger partial charge is 0.469 e. The number of nitrogens with zero attached hydrogens (tertiary/aromatic N) is 5. The first-order valence-corrected chi connectivity index (χ1v) is 13.5. The van der Waals surface area contributed by atoms with E-state index in [4.69, 9.17) is 16.3 Å². The first-order chi connectivity index (χ1) is 20.4. The average Bonchev–Trinajstić information content (AvgIpc) is 3.69. The van der Waals surface area contributed by atoms with Gasteiger partial charge in [0.2, 0.25) is 11.8 Å². The summed E-state index contributed by atoms with van der Waals surface area (Å²) in [5.41, 5.74) is 4.38. The van der Waals surface area contributed by atoms with Crippen molar-refractivity contribution in [1.82, 2.24) is 40.8 Å². The number of carbonyl (C=O) groups is 3. The summed E-state index contributed by atoms with van der Waals surface area (Å²) in [5, 5.41) is 20.9. The molecule has 2 bridgehead atoms. The number of benzene rings is 2. The lowest BCUT2D eigenvalue weighted by Gasteiger charge is -2.16. The molecule has 1 atom stereocenters. The number of anilines is 1. The molecule has 4 N–H and O–H groups in total. The molecule has 4 aromatic rings. The summed E-state index contributed by atoms with van der Waals surface area (Å²) in [5.74, 6) is -0.578. The number of halogens is 1. The van der Waals surface area contributed by atoms with Crippen LogP contribution in [0.2, 0.25) is 5.02 Å². The highest BCUT2D eigenvalue weighted by molar-refractivity contribution is 6.30. The van der Waals surface area contributed by atoms with Crippen LogP contribution in [0.4, 0.5) is 5.69 Å². The number of ether oxygens (including phenoxy) is 1. The number of tetrazole rings is 1. The monoisotopic (exact) mass is 589 g/mol. The Labute approximate surface area is 245 Å². The number of fused-ring (bicyclic) bond motifs is 4. The molecular weight excluding hydrogens is 562 g/mol. The van der Waals surface area contributed by atoms with E-state index in [0.717, 1.165) is 16.8 Å². The fourth-order valence-corrected chi connectivity index (χ4v) is 4.69. The number of H-pyrrole nitrogens is 1. The van der Waals surface area contributed by atoms with Gasteiger partial charge in [0.25, 0.3) is 0 Å². The zero-order valence-electron chi connectivity index (χ0n) is 22.6. The quantitative estimate of drug-likeness (QED) is 0.195. The van der Waals surface area contributed by atoms with E-state index in [1.165, 1.54) is 24.2 Å². The number of hydrogen-bond acceptors (Lipinski definition) is 9. The lowest BCUT2D eigenvalue weighted by molar-refractivity contribution is -0.139. The number of amides is 2. The van der Waals surface area contributed by atoms with Crippen LogP contribution in [-0.4, -0.2) is 68.2 Å². The van der Waals surface area contributed by atoms with Gasteiger partial charge in [0.05, 0.1) is 43.6 Å².